The number of benzene rings is 2. The highest BCUT2D eigenvalue weighted by Gasteiger charge is 2.72. The summed E-state index contributed by atoms with van der Waals surface area (Å²) in [4.78, 5) is 44.9. The second-order valence-corrected chi connectivity index (χ2v) is 13.1. The molecule has 3 aliphatic heterocycles. The van der Waals surface area contributed by atoms with E-state index < -0.39 is 29.6 Å². The fraction of sp³-hybridized carbons (Fsp3) is 0.485. The molecular formula is C33H39N3O4S. The van der Waals surface area contributed by atoms with Crippen molar-refractivity contribution in [2.24, 2.45) is 23.7 Å². The highest BCUT2D eigenvalue weighted by molar-refractivity contribution is 7.98. The average Bonchev–Trinajstić information content (AvgIpc) is 3.60. The van der Waals surface area contributed by atoms with Crippen molar-refractivity contribution in [3.05, 3.63) is 71.8 Å². The van der Waals surface area contributed by atoms with Crippen molar-refractivity contribution in [3.63, 3.8) is 0 Å². The first-order chi connectivity index (χ1) is 19.7. The second kappa shape index (κ2) is 11.0. The van der Waals surface area contributed by atoms with Gasteiger partial charge in [0.25, 0.3) is 0 Å². The van der Waals surface area contributed by atoms with Crippen molar-refractivity contribution in [1.29, 1.82) is 0 Å². The maximum Gasteiger partial charge on any atom is 0.246 e. The third kappa shape index (κ3) is 4.89. The van der Waals surface area contributed by atoms with Crippen LogP contribution in [0.1, 0.15) is 44.2 Å². The number of ether oxygens (including phenoxy) is 1. The smallest absolute Gasteiger partial charge is 0.246 e. The Morgan fingerprint density at radius 2 is 1.88 bits per heavy atom. The predicted molar refractivity (Wildman–Crippen MR) is 160 cm³/mol. The molecule has 1 spiro atoms. The lowest BCUT2D eigenvalue weighted by molar-refractivity contribution is -0.142. The molecule has 41 heavy (non-hydrogen) atoms. The van der Waals surface area contributed by atoms with Gasteiger partial charge < -0.3 is 20.3 Å². The molecule has 0 aromatic heterocycles. The van der Waals surface area contributed by atoms with Crippen LogP contribution in [0.15, 0.2) is 65.6 Å². The van der Waals surface area contributed by atoms with Crippen LogP contribution in [0.3, 0.4) is 0 Å². The van der Waals surface area contributed by atoms with Gasteiger partial charge in [0.2, 0.25) is 17.7 Å². The summed E-state index contributed by atoms with van der Waals surface area (Å²) in [5.74, 6) is -1.30. The zero-order chi connectivity index (χ0) is 28.9. The summed E-state index contributed by atoms with van der Waals surface area (Å²) in [6.45, 7) is 6.73. The molecule has 8 atom stereocenters. The SMILES string of the molecule is CSc1cccc(NC(=O)C2C3C=CC4(O3)C2C(=O)N(Cc2ccc(C)cc2)C4C(=O)NC2CCCC(C)C2C)c1. The van der Waals surface area contributed by atoms with E-state index in [1.807, 2.05) is 73.9 Å². The number of aryl methyl sites for hydroxylation is 1. The van der Waals surface area contributed by atoms with Gasteiger partial charge in [-0.15, -0.1) is 11.8 Å². The molecule has 7 nitrogen and oxygen atoms in total. The summed E-state index contributed by atoms with van der Waals surface area (Å²) >= 11 is 1.60. The van der Waals surface area contributed by atoms with Crippen molar-refractivity contribution in [2.75, 3.05) is 11.6 Å². The largest absolute Gasteiger partial charge is 0.359 e. The number of amides is 3. The zero-order valence-electron chi connectivity index (χ0n) is 24.1. The number of fused-ring (bicyclic) bond motifs is 1. The second-order valence-electron chi connectivity index (χ2n) is 12.3. The van der Waals surface area contributed by atoms with Gasteiger partial charge in [-0.05, 0) is 55.2 Å². The van der Waals surface area contributed by atoms with Crippen LogP contribution < -0.4 is 10.6 Å². The van der Waals surface area contributed by atoms with Crippen LogP contribution in [-0.4, -0.2) is 52.7 Å². The highest BCUT2D eigenvalue weighted by Crippen LogP contribution is 2.55. The third-order valence-corrected chi connectivity index (χ3v) is 10.5. The lowest BCUT2D eigenvalue weighted by Gasteiger charge is -2.38. The van der Waals surface area contributed by atoms with Gasteiger partial charge in [-0.3, -0.25) is 14.4 Å². The van der Waals surface area contributed by atoms with Crippen molar-refractivity contribution < 1.29 is 19.1 Å². The van der Waals surface area contributed by atoms with Gasteiger partial charge in [-0.25, -0.2) is 0 Å². The molecule has 216 valence electrons. The fourth-order valence-electron chi connectivity index (χ4n) is 7.30. The van der Waals surface area contributed by atoms with Crippen LogP contribution in [0, 0.1) is 30.6 Å². The first-order valence-corrected chi connectivity index (χ1v) is 15.9. The van der Waals surface area contributed by atoms with E-state index in [2.05, 4.69) is 24.5 Å². The molecule has 2 saturated heterocycles. The molecule has 1 saturated carbocycles. The summed E-state index contributed by atoms with van der Waals surface area (Å²) in [6.07, 6.45) is 8.32. The summed E-state index contributed by atoms with van der Waals surface area (Å²) in [5.41, 5.74) is 1.56. The minimum atomic E-state index is -1.18. The lowest BCUT2D eigenvalue weighted by Crippen LogP contribution is -2.57. The van der Waals surface area contributed by atoms with Gasteiger partial charge in [-0.2, -0.15) is 0 Å². The number of nitrogens with one attached hydrogen (secondary N) is 2. The van der Waals surface area contributed by atoms with Crippen LogP contribution in [-0.2, 0) is 25.7 Å². The van der Waals surface area contributed by atoms with E-state index in [1.165, 1.54) is 0 Å². The van der Waals surface area contributed by atoms with E-state index in [0.29, 0.717) is 17.5 Å². The van der Waals surface area contributed by atoms with Crippen LogP contribution in [0.5, 0.6) is 0 Å². The van der Waals surface area contributed by atoms with E-state index in [9.17, 15) is 14.4 Å². The molecule has 3 amide bonds. The van der Waals surface area contributed by atoms with E-state index in [4.69, 9.17) is 4.74 Å². The topological polar surface area (TPSA) is 87.7 Å². The number of hydrogen-bond donors (Lipinski definition) is 2. The molecule has 2 N–H and O–H groups in total. The number of carbonyl (C=O) groups is 3. The number of thioether (sulfide) groups is 1. The third-order valence-electron chi connectivity index (χ3n) is 9.77. The minimum Gasteiger partial charge on any atom is -0.359 e. The van der Waals surface area contributed by atoms with Crippen molar-refractivity contribution >= 4 is 35.2 Å². The van der Waals surface area contributed by atoms with Gasteiger partial charge in [0, 0.05) is 23.2 Å². The number of nitrogens with zero attached hydrogens (tertiary/aromatic N) is 1. The Kier molecular flexibility index (Phi) is 7.49. The Morgan fingerprint density at radius 3 is 2.63 bits per heavy atom. The molecule has 3 heterocycles. The maximum absolute atomic E-state index is 14.3. The molecule has 2 aromatic rings. The monoisotopic (exact) mass is 573 g/mol. The summed E-state index contributed by atoms with van der Waals surface area (Å²) in [5, 5.41) is 6.35. The predicted octanol–water partition coefficient (Wildman–Crippen LogP) is 4.95. The van der Waals surface area contributed by atoms with E-state index in [0.717, 1.165) is 35.3 Å². The number of hydrogen-bond acceptors (Lipinski definition) is 5. The molecule has 3 fully saturated rings. The van der Waals surface area contributed by atoms with Gasteiger partial charge >= 0.3 is 0 Å². The minimum absolute atomic E-state index is 0.0448. The normalized spacial score (nSPS) is 33.6. The Labute approximate surface area is 246 Å². The van der Waals surface area contributed by atoms with Crippen molar-refractivity contribution in [2.45, 2.75) is 75.3 Å². The molecule has 4 aliphatic rings. The molecule has 6 rings (SSSR count). The summed E-state index contributed by atoms with van der Waals surface area (Å²) < 4.78 is 6.53. The average molecular weight is 574 g/mol. The number of anilines is 1. The molecule has 2 bridgehead atoms. The molecule has 0 radical (unpaired) electrons. The highest BCUT2D eigenvalue weighted by atomic mass is 32.2. The quantitative estimate of drug-likeness (QED) is 0.362. The van der Waals surface area contributed by atoms with Gasteiger partial charge in [0.15, 0.2) is 0 Å². The van der Waals surface area contributed by atoms with Crippen molar-refractivity contribution in [3.8, 4) is 0 Å². The van der Waals surface area contributed by atoms with E-state index in [1.54, 1.807) is 16.7 Å². The molecule has 2 aromatic carbocycles. The van der Waals surface area contributed by atoms with Gasteiger partial charge in [0.1, 0.15) is 11.6 Å². The van der Waals surface area contributed by atoms with Gasteiger partial charge in [-0.1, -0.05) is 74.7 Å². The Morgan fingerprint density at radius 1 is 1.10 bits per heavy atom. The summed E-state index contributed by atoms with van der Waals surface area (Å²) in [6, 6.07) is 14.8. The number of likely N-dealkylation sites (tertiary alicyclic amines) is 1. The number of carbonyl (C=O) groups excluding carboxylic acids is 3. The van der Waals surface area contributed by atoms with Crippen LogP contribution in [0.4, 0.5) is 5.69 Å². The zero-order valence-corrected chi connectivity index (χ0v) is 24.9. The van der Waals surface area contributed by atoms with E-state index in [-0.39, 0.29) is 30.3 Å². The molecule has 1 aliphatic carbocycles. The molecule has 8 unspecified atom stereocenters. The summed E-state index contributed by atoms with van der Waals surface area (Å²) in [7, 11) is 0. The van der Waals surface area contributed by atoms with Gasteiger partial charge in [0.05, 0.1) is 17.9 Å². The Bertz CT molecular complexity index is 1380. The molecule has 8 heteroatoms. The van der Waals surface area contributed by atoms with E-state index >= 15 is 0 Å². The van der Waals surface area contributed by atoms with Crippen LogP contribution >= 0.6 is 11.8 Å². The lowest BCUT2D eigenvalue weighted by atomic mass is 9.73. The van der Waals surface area contributed by atoms with Crippen LogP contribution in [0.2, 0.25) is 0 Å². The van der Waals surface area contributed by atoms with Crippen LogP contribution in [0.25, 0.3) is 0 Å². The maximum atomic E-state index is 14.3. The standard InChI is InChI=1S/C33H39N3O4S/c1-19-11-13-22(14-12-19)18-36-29(31(38)35-25-10-5-7-20(2)21(25)3)33-16-15-26(40-33)27(28(33)32(36)39)30(37)34-23-8-6-9-24(17-23)41-4/h6,8-9,11-17,20-21,25-29H,5,7,10,18H2,1-4H3,(H,34,37)(H,35,38). The fourth-order valence-corrected chi connectivity index (χ4v) is 7.76. The Balaban J connectivity index is 1.32. The Hall–Kier alpha value is -3.10. The first kappa shape index (κ1) is 28.0. The number of rotatable bonds is 7. The molecular weight excluding hydrogens is 534 g/mol. The first-order valence-electron chi connectivity index (χ1n) is 14.7. The van der Waals surface area contributed by atoms with Crippen molar-refractivity contribution in [1.82, 2.24) is 10.2 Å².